The van der Waals surface area contributed by atoms with E-state index in [4.69, 9.17) is 0 Å². The summed E-state index contributed by atoms with van der Waals surface area (Å²) in [5, 5.41) is 2.66. The molecule has 0 spiro atoms. The highest BCUT2D eigenvalue weighted by Gasteiger charge is 2.10. The van der Waals surface area contributed by atoms with Crippen LogP contribution in [-0.2, 0) is 0 Å². The zero-order valence-electron chi connectivity index (χ0n) is 13.9. The van der Waals surface area contributed by atoms with Crippen molar-refractivity contribution in [2.75, 3.05) is 0 Å². The quantitative estimate of drug-likeness (QED) is 0.273. The van der Waals surface area contributed by atoms with Gasteiger partial charge in [-0.15, -0.1) is 11.3 Å². The fraction of sp³-hybridized carbons (Fsp3) is 0. The summed E-state index contributed by atoms with van der Waals surface area (Å²) >= 11 is 5.43. The minimum absolute atomic E-state index is 1.13. The van der Waals surface area contributed by atoms with Crippen LogP contribution >= 0.6 is 27.3 Å². The third-order valence-corrected chi connectivity index (χ3v) is 6.38. The first kappa shape index (κ1) is 15.8. The molecule has 1 aromatic heterocycles. The molecule has 5 rings (SSSR count). The second kappa shape index (κ2) is 6.39. The highest BCUT2D eigenvalue weighted by Crippen LogP contribution is 2.39. The summed E-state index contributed by atoms with van der Waals surface area (Å²) in [6.07, 6.45) is 0. The van der Waals surface area contributed by atoms with Gasteiger partial charge in [-0.25, -0.2) is 0 Å². The Bertz CT molecular complexity index is 1240. The molecule has 0 aliphatic heterocycles. The molecule has 0 unspecified atom stereocenters. The molecule has 0 aliphatic rings. The van der Waals surface area contributed by atoms with Crippen LogP contribution in [-0.4, -0.2) is 0 Å². The average molecular weight is 415 g/mol. The highest BCUT2D eigenvalue weighted by molar-refractivity contribution is 9.10. The normalized spacial score (nSPS) is 11.3. The second-order valence-corrected chi connectivity index (χ2v) is 8.36. The Labute approximate surface area is 164 Å². The summed E-state index contributed by atoms with van der Waals surface area (Å²) < 4.78 is 3.79. The molecule has 2 heteroatoms. The Morgan fingerprint density at radius 3 is 2.08 bits per heavy atom. The summed E-state index contributed by atoms with van der Waals surface area (Å²) in [4.78, 5) is 0. The van der Waals surface area contributed by atoms with Crippen LogP contribution in [0.5, 0.6) is 0 Å². The molecule has 0 nitrogen and oxygen atoms in total. The summed E-state index contributed by atoms with van der Waals surface area (Å²) in [5.41, 5.74) is 5.06. The molecular weight excluding hydrogens is 400 g/mol. The lowest BCUT2D eigenvalue weighted by atomic mass is 9.94. The Kier molecular flexibility index (Phi) is 3.88. The van der Waals surface area contributed by atoms with E-state index >= 15 is 0 Å². The lowest BCUT2D eigenvalue weighted by Gasteiger charge is -2.10. The third-order valence-electron chi connectivity index (χ3n) is 4.76. The summed E-state index contributed by atoms with van der Waals surface area (Å²) in [5.74, 6) is 0. The maximum Gasteiger partial charge on any atom is 0.0366 e. The third kappa shape index (κ3) is 2.66. The fourth-order valence-corrected chi connectivity index (χ4v) is 5.16. The van der Waals surface area contributed by atoms with Crippen molar-refractivity contribution in [2.45, 2.75) is 0 Å². The number of benzene rings is 4. The monoisotopic (exact) mass is 414 g/mol. The number of halogens is 1. The maximum atomic E-state index is 3.58. The topological polar surface area (TPSA) is 0 Å². The molecular formula is C24H15BrS. The fourth-order valence-electron chi connectivity index (χ4n) is 3.52. The van der Waals surface area contributed by atoms with Crippen molar-refractivity contribution in [3.63, 3.8) is 0 Å². The minimum Gasteiger partial charge on any atom is -0.135 e. The van der Waals surface area contributed by atoms with Crippen molar-refractivity contribution in [1.82, 2.24) is 0 Å². The van der Waals surface area contributed by atoms with E-state index in [2.05, 4.69) is 107 Å². The molecule has 5 aromatic rings. The molecule has 0 radical (unpaired) electrons. The predicted octanol–water partition coefficient (Wildman–Crippen LogP) is 8.15. The Morgan fingerprint density at radius 1 is 0.538 bits per heavy atom. The van der Waals surface area contributed by atoms with Crippen LogP contribution in [0.1, 0.15) is 0 Å². The summed E-state index contributed by atoms with van der Waals surface area (Å²) in [6.45, 7) is 0. The van der Waals surface area contributed by atoms with Gasteiger partial charge in [0.1, 0.15) is 0 Å². The van der Waals surface area contributed by atoms with Crippen molar-refractivity contribution < 1.29 is 0 Å². The van der Waals surface area contributed by atoms with Gasteiger partial charge in [-0.05, 0) is 46.5 Å². The van der Waals surface area contributed by atoms with Gasteiger partial charge < -0.3 is 0 Å². The summed E-state index contributed by atoms with van der Waals surface area (Å²) in [6, 6.07) is 32.6. The van der Waals surface area contributed by atoms with Crippen LogP contribution in [0.4, 0.5) is 0 Å². The number of hydrogen-bond acceptors (Lipinski definition) is 1. The molecule has 0 atom stereocenters. The largest absolute Gasteiger partial charge is 0.135 e. The van der Waals surface area contributed by atoms with Crippen molar-refractivity contribution in [3.05, 3.63) is 95.5 Å². The zero-order chi connectivity index (χ0) is 17.5. The standard InChI is InChI=1S/C24H15BrS/c25-18-11-12-21-22-14-17(10-13-23(22)26-24(21)15-18)20-9-5-4-8-19(20)16-6-2-1-3-7-16/h1-15H. The van der Waals surface area contributed by atoms with Crippen LogP contribution in [0.25, 0.3) is 42.4 Å². The molecule has 0 N–H and O–H groups in total. The first-order chi connectivity index (χ1) is 12.8. The first-order valence-electron chi connectivity index (χ1n) is 8.56. The van der Waals surface area contributed by atoms with E-state index in [0.29, 0.717) is 0 Å². The van der Waals surface area contributed by atoms with E-state index in [1.807, 2.05) is 11.3 Å². The van der Waals surface area contributed by atoms with Crippen LogP contribution in [0.15, 0.2) is 95.5 Å². The van der Waals surface area contributed by atoms with Gasteiger partial charge in [-0.1, -0.05) is 82.7 Å². The maximum absolute atomic E-state index is 3.58. The van der Waals surface area contributed by atoms with E-state index in [1.165, 1.54) is 42.4 Å². The molecule has 0 aliphatic carbocycles. The molecule has 26 heavy (non-hydrogen) atoms. The van der Waals surface area contributed by atoms with Gasteiger partial charge in [0.2, 0.25) is 0 Å². The number of hydrogen-bond donors (Lipinski definition) is 0. The minimum atomic E-state index is 1.13. The first-order valence-corrected chi connectivity index (χ1v) is 10.2. The van der Waals surface area contributed by atoms with Crippen molar-refractivity contribution in [2.24, 2.45) is 0 Å². The number of fused-ring (bicyclic) bond motifs is 3. The second-order valence-electron chi connectivity index (χ2n) is 6.37. The van der Waals surface area contributed by atoms with E-state index < -0.39 is 0 Å². The highest BCUT2D eigenvalue weighted by atomic mass is 79.9. The Balaban J connectivity index is 1.74. The van der Waals surface area contributed by atoms with E-state index in [-0.39, 0.29) is 0 Å². The van der Waals surface area contributed by atoms with Gasteiger partial charge in [0.05, 0.1) is 0 Å². The molecule has 1 heterocycles. The van der Waals surface area contributed by atoms with Gasteiger partial charge in [0, 0.05) is 24.6 Å². The molecule has 124 valence electrons. The van der Waals surface area contributed by atoms with Gasteiger partial charge in [-0.3, -0.25) is 0 Å². The lowest BCUT2D eigenvalue weighted by molar-refractivity contribution is 1.60. The van der Waals surface area contributed by atoms with Gasteiger partial charge >= 0.3 is 0 Å². The van der Waals surface area contributed by atoms with Crippen molar-refractivity contribution in [3.8, 4) is 22.3 Å². The SMILES string of the molecule is Brc1ccc2c(c1)sc1ccc(-c3ccccc3-c3ccccc3)cc12. The van der Waals surface area contributed by atoms with Crippen LogP contribution in [0.2, 0.25) is 0 Å². The van der Waals surface area contributed by atoms with Crippen LogP contribution in [0.3, 0.4) is 0 Å². The van der Waals surface area contributed by atoms with E-state index in [9.17, 15) is 0 Å². The molecule has 4 aromatic carbocycles. The zero-order valence-corrected chi connectivity index (χ0v) is 16.3. The lowest BCUT2D eigenvalue weighted by Crippen LogP contribution is -1.84. The van der Waals surface area contributed by atoms with Gasteiger partial charge in [0.25, 0.3) is 0 Å². The number of rotatable bonds is 2. The molecule has 0 saturated heterocycles. The molecule has 0 fully saturated rings. The molecule has 0 saturated carbocycles. The van der Waals surface area contributed by atoms with Crippen LogP contribution in [0, 0.1) is 0 Å². The average Bonchev–Trinajstić information content (AvgIpc) is 3.05. The van der Waals surface area contributed by atoms with E-state index in [0.717, 1.165) is 4.47 Å². The molecule has 0 amide bonds. The van der Waals surface area contributed by atoms with Gasteiger partial charge in [0.15, 0.2) is 0 Å². The van der Waals surface area contributed by atoms with Crippen molar-refractivity contribution >= 4 is 47.4 Å². The smallest absolute Gasteiger partial charge is 0.0366 e. The summed E-state index contributed by atoms with van der Waals surface area (Å²) in [7, 11) is 0. The van der Waals surface area contributed by atoms with Gasteiger partial charge in [-0.2, -0.15) is 0 Å². The van der Waals surface area contributed by atoms with E-state index in [1.54, 1.807) is 0 Å². The van der Waals surface area contributed by atoms with Crippen LogP contribution < -0.4 is 0 Å². The van der Waals surface area contributed by atoms with Crippen molar-refractivity contribution in [1.29, 1.82) is 0 Å². The Morgan fingerprint density at radius 2 is 1.27 bits per heavy atom. The molecule has 0 bridgehead atoms. The predicted molar refractivity (Wildman–Crippen MR) is 118 cm³/mol. The Hall–Kier alpha value is -2.42. The number of thiophene rings is 1.